The Bertz CT molecular complexity index is 778. The summed E-state index contributed by atoms with van der Waals surface area (Å²) in [6, 6.07) is 12.6. The molecule has 5 heteroatoms. The summed E-state index contributed by atoms with van der Waals surface area (Å²) < 4.78 is 0. The quantitative estimate of drug-likeness (QED) is 0.825. The van der Waals surface area contributed by atoms with Gasteiger partial charge in [0.1, 0.15) is 5.82 Å². The number of anilines is 1. The van der Waals surface area contributed by atoms with Crippen LogP contribution in [0.5, 0.6) is 0 Å². The molecule has 1 saturated carbocycles. The average molecular weight is 384 g/mol. The van der Waals surface area contributed by atoms with Crippen LogP contribution in [0.1, 0.15) is 42.9 Å². The van der Waals surface area contributed by atoms with Crippen molar-refractivity contribution in [2.24, 2.45) is 11.8 Å². The number of rotatable bonds is 5. The monoisotopic (exact) mass is 383 g/mol. The predicted molar refractivity (Wildman–Crippen MR) is 109 cm³/mol. The third-order valence-corrected chi connectivity index (χ3v) is 5.95. The third kappa shape index (κ3) is 4.44. The van der Waals surface area contributed by atoms with Gasteiger partial charge in [0.2, 0.25) is 5.91 Å². The number of aryl methyl sites for hydroxylation is 1. The molecular weight excluding hydrogens is 358 g/mol. The van der Waals surface area contributed by atoms with Crippen molar-refractivity contribution < 1.29 is 4.79 Å². The van der Waals surface area contributed by atoms with Gasteiger partial charge in [-0.3, -0.25) is 4.79 Å². The number of carbonyl (C=O) groups excluding carboxylic acids is 1. The zero-order valence-electron chi connectivity index (χ0n) is 15.7. The van der Waals surface area contributed by atoms with Crippen LogP contribution in [-0.4, -0.2) is 24.0 Å². The Morgan fingerprint density at radius 3 is 2.41 bits per heavy atom. The molecule has 2 aromatic rings. The van der Waals surface area contributed by atoms with E-state index in [2.05, 4.69) is 46.4 Å². The fourth-order valence-corrected chi connectivity index (χ4v) is 3.99. The van der Waals surface area contributed by atoms with E-state index in [0.717, 1.165) is 31.7 Å². The summed E-state index contributed by atoms with van der Waals surface area (Å²) in [5.41, 5.74) is 2.49. The van der Waals surface area contributed by atoms with Gasteiger partial charge in [0.25, 0.3) is 0 Å². The zero-order valence-corrected chi connectivity index (χ0v) is 16.5. The number of amides is 1. The number of carbonyl (C=O) groups is 1. The summed E-state index contributed by atoms with van der Waals surface area (Å²) in [5, 5.41) is 4.00. The first-order valence-corrected chi connectivity index (χ1v) is 10.2. The summed E-state index contributed by atoms with van der Waals surface area (Å²) in [4.78, 5) is 19.5. The van der Waals surface area contributed by atoms with Gasteiger partial charge in [-0.2, -0.15) is 0 Å². The second kappa shape index (κ2) is 7.89. The minimum atomic E-state index is 0.0836. The van der Waals surface area contributed by atoms with Crippen molar-refractivity contribution >= 4 is 23.3 Å². The van der Waals surface area contributed by atoms with Gasteiger partial charge < -0.3 is 10.2 Å². The Labute approximate surface area is 165 Å². The predicted octanol–water partition coefficient (Wildman–Crippen LogP) is 4.53. The van der Waals surface area contributed by atoms with E-state index < -0.39 is 0 Å². The summed E-state index contributed by atoms with van der Waals surface area (Å²) in [5.74, 6) is 1.82. The van der Waals surface area contributed by atoms with E-state index in [9.17, 15) is 4.79 Å². The molecule has 1 atom stereocenters. The minimum Gasteiger partial charge on any atom is -0.357 e. The van der Waals surface area contributed by atoms with Crippen LogP contribution < -0.4 is 10.2 Å². The molecule has 0 spiro atoms. The first-order valence-electron chi connectivity index (χ1n) is 9.83. The number of aromatic nitrogens is 1. The Hall–Kier alpha value is -2.07. The van der Waals surface area contributed by atoms with Crippen molar-refractivity contribution in [3.63, 3.8) is 0 Å². The van der Waals surface area contributed by atoms with Gasteiger partial charge in [-0.05, 0) is 56.2 Å². The maximum absolute atomic E-state index is 12.9. The first kappa shape index (κ1) is 18.3. The molecule has 1 aliphatic heterocycles. The lowest BCUT2D eigenvalue weighted by Crippen LogP contribution is -2.42. The molecule has 1 N–H and O–H groups in total. The lowest BCUT2D eigenvalue weighted by Gasteiger charge is -2.33. The Morgan fingerprint density at radius 2 is 1.81 bits per heavy atom. The van der Waals surface area contributed by atoms with E-state index >= 15 is 0 Å². The van der Waals surface area contributed by atoms with Gasteiger partial charge in [-0.25, -0.2) is 4.98 Å². The average Bonchev–Trinajstić information content (AvgIpc) is 3.53. The number of piperidine rings is 1. The van der Waals surface area contributed by atoms with Crippen molar-refractivity contribution in [2.45, 2.75) is 38.6 Å². The van der Waals surface area contributed by atoms with Crippen molar-refractivity contribution in [1.29, 1.82) is 0 Å². The maximum Gasteiger partial charge on any atom is 0.223 e. The van der Waals surface area contributed by atoms with Crippen molar-refractivity contribution in [3.05, 3.63) is 58.7 Å². The number of hydrogen-bond acceptors (Lipinski definition) is 3. The molecule has 1 amide bonds. The normalized spacial score (nSPS) is 19.0. The summed E-state index contributed by atoms with van der Waals surface area (Å²) in [7, 11) is 0. The van der Waals surface area contributed by atoms with Gasteiger partial charge in [0, 0.05) is 25.2 Å². The highest BCUT2D eigenvalue weighted by Crippen LogP contribution is 2.41. The van der Waals surface area contributed by atoms with Crippen LogP contribution in [0.2, 0.25) is 5.02 Å². The number of benzene rings is 1. The first-order chi connectivity index (χ1) is 13.1. The van der Waals surface area contributed by atoms with Gasteiger partial charge in [-0.15, -0.1) is 0 Å². The molecule has 0 radical (unpaired) electrons. The lowest BCUT2D eigenvalue weighted by molar-refractivity contribution is -0.126. The van der Waals surface area contributed by atoms with Gasteiger partial charge >= 0.3 is 0 Å². The van der Waals surface area contributed by atoms with Gasteiger partial charge in [-0.1, -0.05) is 41.4 Å². The molecule has 2 heterocycles. The van der Waals surface area contributed by atoms with E-state index in [-0.39, 0.29) is 17.9 Å². The fourth-order valence-electron chi connectivity index (χ4n) is 3.87. The summed E-state index contributed by atoms with van der Waals surface area (Å²) >= 11 is 5.92. The number of hydrogen-bond donors (Lipinski definition) is 1. The van der Waals surface area contributed by atoms with Crippen LogP contribution in [0.4, 0.5) is 5.82 Å². The third-order valence-electron chi connectivity index (χ3n) is 5.73. The Kier molecular flexibility index (Phi) is 5.35. The van der Waals surface area contributed by atoms with Crippen LogP contribution in [-0.2, 0) is 4.79 Å². The van der Waals surface area contributed by atoms with E-state index in [0.29, 0.717) is 10.9 Å². The standard InChI is InChI=1S/C22H26ClN3O/c1-15-2-4-16(5-3-15)21(17-6-7-17)25-22(27)18-10-12-26(13-11-18)20-9-8-19(23)14-24-20/h2-5,8-9,14,17-18,21H,6-7,10-13H2,1H3,(H,25,27). The highest BCUT2D eigenvalue weighted by molar-refractivity contribution is 6.30. The molecule has 27 heavy (non-hydrogen) atoms. The van der Waals surface area contributed by atoms with Crippen LogP contribution in [0, 0.1) is 18.8 Å². The smallest absolute Gasteiger partial charge is 0.223 e. The largest absolute Gasteiger partial charge is 0.357 e. The maximum atomic E-state index is 12.9. The van der Waals surface area contributed by atoms with Crippen molar-refractivity contribution in [2.75, 3.05) is 18.0 Å². The molecule has 2 fully saturated rings. The second-order valence-corrected chi connectivity index (χ2v) is 8.27. The molecule has 142 valence electrons. The minimum absolute atomic E-state index is 0.0836. The van der Waals surface area contributed by atoms with Crippen LogP contribution in [0.3, 0.4) is 0 Å². The molecule has 4 rings (SSSR count). The summed E-state index contributed by atoms with van der Waals surface area (Å²) in [6.07, 6.45) is 5.82. The zero-order chi connectivity index (χ0) is 18.8. The van der Waals surface area contributed by atoms with E-state index in [1.807, 2.05) is 12.1 Å². The fraction of sp³-hybridized carbons (Fsp3) is 0.455. The van der Waals surface area contributed by atoms with E-state index in [4.69, 9.17) is 11.6 Å². The highest BCUT2D eigenvalue weighted by atomic mass is 35.5. The molecule has 4 nitrogen and oxygen atoms in total. The Morgan fingerprint density at radius 1 is 1.11 bits per heavy atom. The number of nitrogens with zero attached hydrogens (tertiary/aromatic N) is 2. The number of pyridine rings is 1. The molecule has 1 aromatic heterocycles. The highest BCUT2D eigenvalue weighted by Gasteiger charge is 2.35. The van der Waals surface area contributed by atoms with Crippen LogP contribution in [0.15, 0.2) is 42.6 Å². The molecule has 1 unspecified atom stereocenters. The van der Waals surface area contributed by atoms with Crippen LogP contribution in [0.25, 0.3) is 0 Å². The van der Waals surface area contributed by atoms with E-state index in [1.54, 1.807) is 6.20 Å². The van der Waals surface area contributed by atoms with Crippen molar-refractivity contribution in [1.82, 2.24) is 10.3 Å². The van der Waals surface area contributed by atoms with Gasteiger partial charge in [0.15, 0.2) is 0 Å². The molecular formula is C22H26ClN3O. The molecule has 1 aliphatic carbocycles. The number of nitrogens with one attached hydrogen (secondary N) is 1. The Balaban J connectivity index is 1.35. The number of halogens is 1. The summed E-state index contributed by atoms with van der Waals surface area (Å²) in [6.45, 7) is 3.80. The molecule has 2 aliphatic rings. The van der Waals surface area contributed by atoms with E-state index in [1.165, 1.54) is 24.0 Å². The SMILES string of the molecule is Cc1ccc(C(NC(=O)C2CCN(c3ccc(Cl)cn3)CC2)C2CC2)cc1. The molecule has 1 aromatic carbocycles. The van der Waals surface area contributed by atoms with Crippen molar-refractivity contribution in [3.8, 4) is 0 Å². The second-order valence-electron chi connectivity index (χ2n) is 7.83. The lowest BCUT2D eigenvalue weighted by atomic mass is 9.94. The molecule has 1 saturated heterocycles. The molecule has 0 bridgehead atoms. The topological polar surface area (TPSA) is 45.2 Å². The van der Waals surface area contributed by atoms with Gasteiger partial charge in [0.05, 0.1) is 11.1 Å². The van der Waals surface area contributed by atoms with Crippen LogP contribution >= 0.6 is 11.6 Å².